The predicted molar refractivity (Wildman–Crippen MR) is 59.8 cm³/mol. The van der Waals surface area contributed by atoms with Gasteiger partial charge in [0.25, 0.3) is 0 Å². The molecule has 0 saturated carbocycles. The molecule has 5 nitrogen and oxygen atoms in total. The number of rotatable bonds is 4. The molecule has 0 atom stereocenters. The zero-order valence-electron chi connectivity index (χ0n) is 11.0. The van der Waals surface area contributed by atoms with Crippen molar-refractivity contribution in [1.82, 2.24) is 4.98 Å². The maximum Gasteiger partial charge on any atom is 0.574 e. The van der Waals surface area contributed by atoms with Gasteiger partial charge in [-0.25, -0.2) is 9.78 Å². The van der Waals surface area contributed by atoms with Crippen molar-refractivity contribution in [2.45, 2.75) is 26.0 Å². The molecule has 0 spiro atoms. The molecule has 0 radical (unpaired) electrons. The smallest absolute Gasteiger partial charge is 0.462 e. The average Bonchev–Trinajstić information content (AvgIpc) is 2.35. The van der Waals surface area contributed by atoms with Crippen molar-refractivity contribution in [3.05, 3.63) is 22.9 Å². The molecule has 124 valence electrons. The maximum absolute atomic E-state index is 13.1. The van der Waals surface area contributed by atoms with E-state index in [2.05, 4.69) is 14.5 Å². The maximum atomic E-state index is 13.1. The molecule has 1 aromatic rings. The van der Waals surface area contributed by atoms with E-state index in [0.717, 1.165) is 0 Å². The lowest BCUT2D eigenvalue weighted by Crippen LogP contribution is -2.25. The number of pyridine rings is 1. The minimum absolute atomic E-state index is 0.280. The van der Waals surface area contributed by atoms with Crippen molar-refractivity contribution in [3.63, 3.8) is 0 Å². The molecule has 0 aliphatic rings. The third-order valence-corrected chi connectivity index (χ3v) is 2.32. The topological polar surface area (TPSA) is 74.4 Å². The minimum atomic E-state index is -5.41. The van der Waals surface area contributed by atoms with Crippen LogP contribution in [0.15, 0.2) is 6.20 Å². The molecule has 2 N–H and O–H groups in total. The standard InChI is InChI=1S/C11H10F6N2O3/c1-2-21-9(20)6-5(3-18)4-19-8(22-11(15,16)17)7(6)10(12,13)14/h4H,2-3,18H2,1H3. The molecule has 0 bridgehead atoms. The Morgan fingerprint density at radius 2 is 1.86 bits per heavy atom. The van der Waals surface area contributed by atoms with Crippen LogP contribution in [0.3, 0.4) is 0 Å². The summed E-state index contributed by atoms with van der Waals surface area (Å²) in [5.74, 6) is -3.26. The number of carbonyl (C=O) groups excluding carboxylic acids is 1. The third kappa shape index (κ3) is 4.23. The van der Waals surface area contributed by atoms with E-state index in [4.69, 9.17) is 5.73 Å². The highest BCUT2D eigenvalue weighted by Gasteiger charge is 2.44. The Kier molecular flexibility index (Phi) is 5.22. The van der Waals surface area contributed by atoms with Crippen LogP contribution < -0.4 is 10.5 Å². The van der Waals surface area contributed by atoms with Gasteiger partial charge >= 0.3 is 18.5 Å². The SMILES string of the molecule is CCOC(=O)c1c(CN)cnc(OC(F)(F)F)c1C(F)(F)F. The molecule has 11 heteroatoms. The molecule has 0 amide bonds. The number of aromatic nitrogens is 1. The van der Waals surface area contributed by atoms with Crippen LogP contribution in [0.1, 0.15) is 28.4 Å². The number of carbonyl (C=O) groups is 1. The summed E-state index contributed by atoms with van der Waals surface area (Å²) in [5, 5.41) is 0. The summed E-state index contributed by atoms with van der Waals surface area (Å²) in [6.07, 6.45) is -10.1. The molecule has 0 saturated heterocycles. The van der Waals surface area contributed by atoms with Crippen LogP contribution in [0, 0.1) is 0 Å². The fourth-order valence-corrected chi connectivity index (χ4v) is 1.57. The Balaban J connectivity index is 3.61. The molecule has 0 aliphatic carbocycles. The number of esters is 1. The molecule has 0 unspecified atom stereocenters. The van der Waals surface area contributed by atoms with Crippen molar-refractivity contribution in [1.29, 1.82) is 0 Å². The Labute approximate surface area is 120 Å². The lowest BCUT2D eigenvalue weighted by atomic mass is 10.0. The van der Waals surface area contributed by atoms with Gasteiger partial charge in [-0.05, 0) is 12.5 Å². The van der Waals surface area contributed by atoms with E-state index in [1.54, 1.807) is 0 Å². The van der Waals surface area contributed by atoms with E-state index in [-0.39, 0.29) is 6.61 Å². The zero-order valence-corrected chi connectivity index (χ0v) is 11.0. The highest BCUT2D eigenvalue weighted by molar-refractivity contribution is 5.93. The molecular formula is C11H10F6N2O3. The van der Waals surface area contributed by atoms with Gasteiger partial charge in [0.2, 0.25) is 5.88 Å². The van der Waals surface area contributed by atoms with E-state index in [1.165, 1.54) is 6.92 Å². The summed E-state index contributed by atoms with van der Waals surface area (Å²) in [6, 6.07) is 0. The number of nitrogens with two attached hydrogens (primary N) is 1. The van der Waals surface area contributed by atoms with Gasteiger partial charge in [-0.2, -0.15) is 13.2 Å². The van der Waals surface area contributed by atoms with Crippen LogP contribution in [0.5, 0.6) is 5.88 Å². The minimum Gasteiger partial charge on any atom is -0.462 e. The van der Waals surface area contributed by atoms with Crippen LogP contribution in [0.2, 0.25) is 0 Å². The van der Waals surface area contributed by atoms with Crippen molar-refractivity contribution in [2.24, 2.45) is 5.73 Å². The number of hydrogen-bond acceptors (Lipinski definition) is 5. The Bertz CT molecular complexity index is 556. The zero-order chi connectivity index (χ0) is 17.1. The van der Waals surface area contributed by atoms with Crippen LogP contribution >= 0.6 is 0 Å². The van der Waals surface area contributed by atoms with Crippen molar-refractivity contribution in [2.75, 3.05) is 6.61 Å². The Morgan fingerprint density at radius 3 is 2.27 bits per heavy atom. The first-order chi connectivity index (χ1) is 10.0. The van der Waals surface area contributed by atoms with Crippen molar-refractivity contribution < 1.29 is 40.6 Å². The largest absolute Gasteiger partial charge is 0.574 e. The van der Waals surface area contributed by atoms with Crippen LogP contribution in [-0.2, 0) is 17.5 Å². The lowest BCUT2D eigenvalue weighted by molar-refractivity contribution is -0.277. The molecule has 1 rings (SSSR count). The second kappa shape index (κ2) is 6.38. The summed E-state index contributed by atoms with van der Waals surface area (Å²) < 4.78 is 83.5. The number of halogens is 6. The van der Waals surface area contributed by atoms with Gasteiger partial charge in [-0.1, -0.05) is 0 Å². The summed E-state index contributed by atoms with van der Waals surface area (Å²) >= 11 is 0. The molecule has 0 aliphatic heterocycles. The third-order valence-electron chi connectivity index (χ3n) is 2.32. The average molecular weight is 332 g/mol. The highest BCUT2D eigenvalue weighted by atomic mass is 19.4. The number of alkyl halides is 6. The highest BCUT2D eigenvalue weighted by Crippen LogP contribution is 2.40. The van der Waals surface area contributed by atoms with E-state index in [1.807, 2.05) is 0 Å². The Morgan fingerprint density at radius 1 is 1.27 bits per heavy atom. The van der Waals surface area contributed by atoms with Gasteiger partial charge in [-0.15, -0.1) is 13.2 Å². The molecule has 1 aromatic heterocycles. The monoisotopic (exact) mass is 332 g/mol. The summed E-state index contributed by atoms with van der Waals surface area (Å²) in [6.45, 7) is 0.482. The van der Waals surface area contributed by atoms with E-state index in [0.29, 0.717) is 6.20 Å². The first-order valence-corrected chi connectivity index (χ1v) is 5.73. The number of ether oxygens (including phenoxy) is 2. The van der Waals surface area contributed by atoms with Gasteiger partial charge in [0, 0.05) is 12.7 Å². The van der Waals surface area contributed by atoms with Crippen LogP contribution in [-0.4, -0.2) is 23.9 Å². The van der Waals surface area contributed by atoms with Crippen LogP contribution in [0.4, 0.5) is 26.3 Å². The number of hydrogen-bond donors (Lipinski definition) is 1. The van der Waals surface area contributed by atoms with Gasteiger partial charge < -0.3 is 15.2 Å². The van der Waals surface area contributed by atoms with E-state index >= 15 is 0 Å². The van der Waals surface area contributed by atoms with Gasteiger partial charge in [0.15, 0.2) is 0 Å². The van der Waals surface area contributed by atoms with E-state index < -0.39 is 47.6 Å². The lowest BCUT2D eigenvalue weighted by Gasteiger charge is -2.19. The predicted octanol–water partition coefficient (Wildman–Crippen LogP) is 2.63. The molecule has 0 fully saturated rings. The molecular weight excluding hydrogens is 322 g/mol. The molecule has 1 heterocycles. The molecule has 0 aromatic carbocycles. The quantitative estimate of drug-likeness (QED) is 0.678. The second-order valence-corrected chi connectivity index (χ2v) is 3.81. The fraction of sp³-hybridized carbons (Fsp3) is 0.455. The van der Waals surface area contributed by atoms with Crippen molar-refractivity contribution >= 4 is 5.97 Å². The van der Waals surface area contributed by atoms with Gasteiger partial charge in [0.1, 0.15) is 5.56 Å². The first-order valence-electron chi connectivity index (χ1n) is 5.73. The summed E-state index contributed by atoms with van der Waals surface area (Å²) in [4.78, 5) is 14.6. The normalized spacial score (nSPS) is 12.2. The number of nitrogens with zero attached hydrogens (tertiary/aromatic N) is 1. The van der Waals surface area contributed by atoms with Gasteiger partial charge in [-0.3, -0.25) is 0 Å². The van der Waals surface area contributed by atoms with E-state index in [9.17, 15) is 31.1 Å². The summed E-state index contributed by atoms with van der Waals surface area (Å²) in [7, 11) is 0. The fourth-order valence-electron chi connectivity index (χ4n) is 1.57. The molecule has 22 heavy (non-hydrogen) atoms. The summed E-state index contributed by atoms with van der Waals surface area (Å²) in [5.41, 5.74) is 1.65. The Hall–Kier alpha value is -2.04. The first kappa shape index (κ1) is 18.0. The van der Waals surface area contributed by atoms with Gasteiger partial charge in [0.05, 0.1) is 12.2 Å². The van der Waals surface area contributed by atoms with Crippen LogP contribution in [0.25, 0.3) is 0 Å². The second-order valence-electron chi connectivity index (χ2n) is 3.81. The van der Waals surface area contributed by atoms with Crippen molar-refractivity contribution in [3.8, 4) is 5.88 Å².